The van der Waals surface area contributed by atoms with Crippen molar-refractivity contribution in [1.82, 2.24) is 0 Å². The van der Waals surface area contributed by atoms with Gasteiger partial charge in [0, 0.05) is 32.7 Å². The Labute approximate surface area is 98.0 Å². The van der Waals surface area contributed by atoms with E-state index in [0.29, 0.717) is 0 Å². The fourth-order valence-corrected chi connectivity index (χ4v) is 1.31. The Morgan fingerprint density at radius 3 is 2.42 bits per heavy atom. The average Bonchev–Trinajstić information content (AvgIpc) is 2.06. The molecular weight excluding hydrogens is 229 g/mol. The Kier molecular flexibility index (Phi) is 6.67. The molecule has 0 aromatic rings. The van der Waals surface area contributed by atoms with Crippen molar-refractivity contribution in [2.75, 3.05) is 0 Å². The molecule has 0 aromatic heterocycles. The van der Waals surface area contributed by atoms with Crippen LogP contribution in [0.15, 0.2) is 10.7 Å². The molecule has 1 radical (unpaired) electrons. The number of allylic oxidation sites excluding steroid dienone is 1. The number of nitrogens with zero attached hydrogens (tertiary/aromatic N) is 1. The van der Waals surface area contributed by atoms with Crippen molar-refractivity contribution in [3.05, 3.63) is 11.6 Å². The van der Waals surface area contributed by atoms with E-state index in [2.05, 4.69) is 11.2 Å². The van der Waals surface area contributed by atoms with Gasteiger partial charge in [-0.15, -0.1) is 5.16 Å². The van der Waals surface area contributed by atoms with Crippen LogP contribution in [0, 0.1) is 6.08 Å². The summed E-state index contributed by atoms with van der Waals surface area (Å²) < 4.78 is 0. The average molecular weight is 242 g/mol. The van der Waals surface area contributed by atoms with Gasteiger partial charge in [-0.3, -0.25) is 0 Å². The molecular formula is C8H13N2OY-. The molecule has 4 heteroatoms. The van der Waals surface area contributed by atoms with Crippen molar-refractivity contribution in [3.8, 4) is 0 Å². The van der Waals surface area contributed by atoms with Gasteiger partial charge in [-0.05, 0) is 5.84 Å². The summed E-state index contributed by atoms with van der Waals surface area (Å²) in [6.07, 6.45) is 8.68. The van der Waals surface area contributed by atoms with Gasteiger partial charge in [-0.25, -0.2) is 5.57 Å². The van der Waals surface area contributed by atoms with Crippen molar-refractivity contribution in [1.29, 1.82) is 0 Å². The second-order valence-corrected chi connectivity index (χ2v) is 2.77. The molecule has 0 amide bonds. The van der Waals surface area contributed by atoms with Crippen molar-refractivity contribution in [2.45, 2.75) is 32.1 Å². The zero-order valence-corrected chi connectivity index (χ0v) is 9.92. The first-order valence-electron chi connectivity index (χ1n) is 3.92. The first kappa shape index (κ1) is 12.1. The van der Waals surface area contributed by atoms with E-state index in [4.69, 9.17) is 10.9 Å². The number of hydrogen-bond acceptors (Lipinski definition) is 2. The van der Waals surface area contributed by atoms with Crippen molar-refractivity contribution >= 4 is 5.84 Å². The molecule has 3 N–H and O–H groups in total. The van der Waals surface area contributed by atoms with E-state index in [9.17, 15) is 0 Å². The number of oxime groups is 1. The van der Waals surface area contributed by atoms with Crippen LogP contribution in [-0.2, 0) is 32.7 Å². The monoisotopic (exact) mass is 242 g/mol. The summed E-state index contributed by atoms with van der Waals surface area (Å²) in [4.78, 5) is 0. The largest absolute Gasteiger partial charge is 0.426 e. The van der Waals surface area contributed by atoms with Crippen LogP contribution in [0.1, 0.15) is 32.1 Å². The predicted octanol–water partition coefficient (Wildman–Crippen LogP) is 1.42. The summed E-state index contributed by atoms with van der Waals surface area (Å²) in [5.41, 5.74) is 6.46. The molecule has 0 bridgehead atoms. The number of rotatable bonds is 1. The van der Waals surface area contributed by atoms with Crippen LogP contribution in [0.4, 0.5) is 0 Å². The van der Waals surface area contributed by atoms with Gasteiger partial charge in [-0.2, -0.15) is 0 Å². The van der Waals surface area contributed by atoms with E-state index in [-0.39, 0.29) is 38.5 Å². The zero-order valence-electron chi connectivity index (χ0n) is 7.08. The third-order valence-electron chi connectivity index (χ3n) is 1.87. The number of hydrogen-bond donors (Lipinski definition) is 2. The van der Waals surface area contributed by atoms with Crippen LogP contribution in [0.5, 0.6) is 0 Å². The third-order valence-corrected chi connectivity index (χ3v) is 1.87. The third kappa shape index (κ3) is 4.22. The standard InChI is InChI=1S/C8H13N2O.Y/c9-8(10-11)6-7-4-2-1-3-5-7;/h11H,1-5H2,(H2,9,10);/q-1;. The summed E-state index contributed by atoms with van der Waals surface area (Å²) in [5, 5.41) is 11.1. The number of amidine groups is 1. The normalized spacial score (nSPS) is 18.3. The maximum Gasteiger partial charge on any atom is 0 e. The maximum atomic E-state index is 8.25. The molecule has 0 atom stereocenters. The summed E-state index contributed by atoms with van der Waals surface area (Å²) >= 11 is 0. The predicted molar refractivity (Wildman–Crippen MR) is 43.2 cm³/mol. The fourth-order valence-electron chi connectivity index (χ4n) is 1.31. The summed E-state index contributed by atoms with van der Waals surface area (Å²) in [6.45, 7) is 0. The summed E-state index contributed by atoms with van der Waals surface area (Å²) in [7, 11) is 0. The van der Waals surface area contributed by atoms with Crippen LogP contribution in [-0.4, -0.2) is 11.0 Å². The van der Waals surface area contributed by atoms with E-state index in [1.54, 1.807) is 0 Å². The van der Waals surface area contributed by atoms with Crippen LogP contribution in [0.2, 0.25) is 0 Å². The first-order valence-corrected chi connectivity index (χ1v) is 3.92. The van der Waals surface area contributed by atoms with Crippen molar-refractivity contribution < 1.29 is 37.9 Å². The van der Waals surface area contributed by atoms with Gasteiger partial charge in [0.15, 0.2) is 0 Å². The van der Waals surface area contributed by atoms with Crippen LogP contribution < -0.4 is 5.73 Å². The molecule has 3 nitrogen and oxygen atoms in total. The Balaban J connectivity index is 0.00000121. The molecule has 1 aliphatic rings. The van der Waals surface area contributed by atoms with Gasteiger partial charge < -0.3 is 17.0 Å². The molecule has 1 saturated carbocycles. The minimum absolute atomic E-state index is 0. The van der Waals surface area contributed by atoms with Gasteiger partial charge in [0.05, 0.1) is 0 Å². The minimum atomic E-state index is 0. The smallest absolute Gasteiger partial charge is 0 e. The Morgan fingerprint density at radius 2 is 1.92 bits per heavy atom. The van der Waals surface area contributed by atoms with Gasteiger partial charge >= 0.3 is 0 Å². The van der Waals surface area contributed by atoms with Gasteiger partial charge in [0.2, 0.25) is 0 Å². The molecule has 1 fully saturated rings. The molecule has 65 valence electrons. The second kappa shape index (κ2) is 6.61. The quantitative estimate of drug-likeness (QED) is 0.240. The SMILES string of the molecule is N/C([C-]=C1CCCCC1)=N\O.[Y]. The first-order chi connectivity index (χ1) is 5.33. The second-order valence-electron chi connectivity index (χ2n) is 2.77. The number of nitrogens with two attached hydrogens (primary N) is 1. The van der Waals surface area contributed by atoms with E-state index in [1.807, 2.05) is 0 Å². The topological polar surface area (TPSA) is 58.6 Å². The summed E-state index contributed by atoms with van der Waals surface area (Å²) in [6, 6.07) is 0. The zero-order chi connectivity index (χ0) is 8.10. The molecule has 0 heterocycles. The van der Waals surface area contributed by atoms with Crippen LogP contribution in [0.3, 0.4) is 0 Å². The molecule has 0 unspecified atom stereocenters. The van der Waals surface area contributed by atoms with Crippen LogP contribution >= 0.6 is 0 Å². The van der Waals surface area contributed by atoms with Crippen molar-refractivity contribution in [2.24, 2.45) is 10.9 Å². The van der Waals surface area contributed by atoms with E-state index < -0.39 is 0 Å². The molecule has 1 aliphatic carbocycles. The van der Waals surface area contributed by atoms with Crippen molar-refractivity contribution in [3.63, 3.8) is 0 Å². The molecule has 12 heavy (non-hydrogen) atoms. The Morgan fingerprint density at radius 1 is 1.33 bits per heavy atom. The Bertz CT molecular complexity index is 181. The van der Waals surface area contributed by atoms with E-state index in [1.165, 1.54) is 24.8 Å². The van der Waals surface area contributed by atoms with Gasteiger partial charge in [0.25, 0.3) is 0 Å². The fraction of sp³-hybridized carbons (Fsp3) is 0.625. The van der Waals surface area contributed by atoms with E-state index in [0.717, 1.165) is 12.8 Å². The molecule has 0 aromatic carbocycles. The van der Waals surface area contributed by atoms with Gasteiger partial charge in [0.1, 0.15) is 0 Å². The minimum Gasteiger partial charge on any atom is -0.426 e. The molecule has 1 rings (SSSR count). The van der Waals surface area contributed by atoms with E-state index >= 15 is 0 Å². The molecule has 0 spiro atoms. The Hall–Kier alpha value is 0.114. The molecule has 0 saturated heterocycles. The summed E-state index contributed by atoms with van der Waals surface area (Å²) in [5.74, 6) is 0.0990. The van der Waals surface area contributed by atoms with Crippen LogP contribution in [0.25, 0.3) is 0 Å². The van der Waals surface area contributed by atoms with Gasteiger partial charge in [-0.1, -0.05) is 32.1 Å². The maximum absolute atomic E-state index is 8.25. The molecule has 0 aliphatic heterocycles.